The largest absolute Gasteiger partial charge is 0.492 e. The SMILES string of the molecule is CCOC(=O)/C(C(C)=O)=C(\OCC)c1ccccc1. The van der Waals surface area contributed by atoms with Gasteiger partial charge in [-0.15, -0.1) is 0 Å². The highest BCUT2D eigenvalue weighted by Crippen LogP contribution is 2.22. The second-order valence-corrected chi connectivity index (χ2v) is 3.78. The summed E-state index contributed by atoms with van der Waals surface area (Å²) >= 11 is 0. The van der Waals surface area contributed by atoms with Crippen molar-refractivity contribution >= 4 is 17.5 Å². The summed E-state index contributed by atoms with van der Waals surface area (Å²) < 4.78 is 10.4. The number of Topliss-reactive ketones (excluding diaryl/α,β-unsaturated/α-hetero) is 1. The minimum Gasteiger partial charge on any atom is -0.492 e. The summed E-state index contributed by atoms with van der Waals surface area (Å²) in [6, 6.07) is 9.06. The molecule has 0 fully saturated rings. The number of ketones is 1. The number of benzene rings is 1. The van der Waals surface area contributed by atoms with Crippen molar-refractivity contribution in [3.8, 4) is 0 Å². The van der Waals surface area contributed by atoms with Crippen molar-refractivity contribution in [2.75, 3.05) is 13.2 Å². The third-order valence-electron chi connectivity index (χ3n) is 2.38. The van der Waals surface area contributed by atoms with Gasteiger partial charge in [0.05, 0.1) is 13.2 Å². The van der Waals surface area contributed by atoms with Gasteiger partial charge >= 0.3 is 5.97 Å². The second-order valence-electron chi connectivity index (χ2n) is 3.78. The van der Waals surface area contributed by atoms with E-state index in [2.05, 4.69) is 0 Å². The van der Waals surface area contributed by atoms with E-state index in [1.807, 2.05) is 18.2 Å². The monoisotopic (exact) mass is 262 g/mol. The van der Waals surface area contributed by atoms with E-state index in [1.165, 1.54) is 6.92 Å². The van der Waals surface area contributed by atoms with Crippen molar-refractivity contribution in [1.82, 2.24) is 0 Å². The molecule has 1 aromatic carbocycles. The van der Waals surface area contributed by atoms with Crippen LogP contribution in [0.4, 0.5) is 0 Å². The first-order valence-electron chi connectivity index (χ1n) is 6.22. The van der Waals surface area contributed by atoms with Gasteiger partial charge in [0.1, 0.15) is 11.3 Å². The van der Waals surface area contributed by atoms with E-state index in [1.54, 1.807) is 26.0 Å². The van der Waals surface area contributed by atoms with E-state index in [-0.39, 0.29) is 23.7 Å². The zero-order valence-electron chi connectivity index (χ0n) is 11.4. The van der Waals surface area contributed by atoms with Crippen LogP contribution < -0.4 is 0 Å². The van der Waals surface area contributed by atoms with Gasteiger partial charge in [0.2, 0.25) is 0 Å². The van der Waals surface area contributed by atoms with Crippen LogP contribution in [0.1, 0.15) is 26.3 Å². The first-order chi connectivity index (χ1) is 9.11. The van der Waals surface area contributed by atoms with Gasteiger partial charge in [0, 0.05) is 5.56 Å². The zero-order valence-corrected chi connectivity index (χ0v) is 11.4. The Hall–Kier alpha value is -2.10. The number of ether oxygens (including phenoxy) is 2. The fourth-order valence-electron chi connectivity index (χ4n) is 1.63. The van der Waals surface area contributed by atoms with E-state index >= 15 is 0 Å². The zero-order chi connectivity index (χ0) is 14.3. The van der Waals surface area contributed by atoms with Crippen molar-refractivity contribution in [3.05, 3.63) is 41.5 Å². The molecule has 1 aromatic rings. The summed E-state index contributed by atoms with van der Waals surface area (Å²) in [5.41, 5.74) is 0.637. The normalized spacial score (nSPS) is 11.5. The lowest BCUT2D eigenvalue weighted by Gasteiger charge is -2.13. The molecule has 0 N–H and O–H groups in total. The van der Waals surface area contributed by atoms with Gasteiger partial charge in [-0.3, -0.25) is 4.79 Å². The molecule has 0 aliphatic rings. The molecule has 0 radical (unpaired) electrons. The average molecular weight is 262 g/mol. The lowest BCUT2D eigenvalue weighted by molar-refractivity contribution is -0.139. The third kappa shape index (κ3) is 3.95. The fourth-order valence-corrected chi connectivity index (χ4v) is 1.63. The van der Waals surface area contributed by atoms with Crippen LogP contribution in [0.3, 0.4) is 0 Å². The summed E-state index contributed by atoms with van der Waals surface area (Å²) in [5, 5.41) is 0. The van der Waals surface area contributed by atoms with Gasteiger partial charge in [-0.25, -0.2) is 4.79 Å². The molecule has 0 atom stereocenters. The van der Waals surface area contributed by atoms with Crippen LogP contribution in [0.15, 0.2) is 35.9 Å². The Labute approximate surface area is 113 Å². The number of esters is 1. The van der Waals surface area contributed by atoms with E-state index in [9.17, 15) is 9.59 Å². The summed E-state index contributed by atoms with van der Waals surface area (Å²) in [5.74, 6) is -0.748. The predicted octanol–water partition coefficient (Wildman–Crippen LogP) is 2.59. The molecule has 0 saturated heterocycles. The second kappa shape index (κ2) is 7.36. The minimum absolute atomic E-state index is 0.0464. The van der Waals surface area contributed by atoms with Crippen LogP contribution in [0.2, 0.25) is 0 Å². The van der Waals surface area contributed by atoms with Crippen LogP contribution in [-0.4, -0.2) is 25.0 Å². The number of carbonyl (C=O) groups excluding carboxylic acids is 2. The Morgan fingerprint density at radius 3 is 2.05 bits per heavy atom. The van der Waals surface area contributed by atoms with Crippen molar-refractivity contribution in [2.24, 2.45) is 0 Å². The van der Waals surface area contributed by atoms with Crippen LogP contribution in [0.5, 0.6) is 0 Å². The fraction of sp³-hybridized carbons (Fsp3) is 0.333. The van der Waals surface area contributed by atoms with E-state index in [4.69, 9.17) is 9.47 Å². The summed E-state index contributed by atoms with van der Waals surface area (Å²) in [7, 11) is 0. The standard InChI is InChI=1S/C15H18O4/c1-4-18-14(12-9-7-6-8-10-12)13(11(3)16)15(17)19-5-2/h6-10H,4-5H2,1-3H3/b14-13-. The Morgan fingerprint density at radius 2 is 1.58 bits per heavy atom. The molecule has 0 aromatic heterocycles. The molecule has 0 spiro atoms. The van der Waals surface area contributed by atoms with Crippen molar-refractivity contribution in [3.63, 3.8) is 0 Å². The molecular formula is C15H18O4. The molecule has 102 valence electrons. The molecular weight excluding hydrogens is 244 g/mol. The molecule has 0 heterocycles. The van der Waals surface area contributed by atoms with E-state index in [0.717, 1.165) is 0 Å². The van der Waals surface area contributed by atoms with Gasteiger partial charge in [0.15, 0.2) is 5.78 Å². The molecule has 19 heavy (non-hydrogen) atoms. The maximum atomic E-state index is 11.9. The van der Waals surface area contributed by atoms with Gasteiger partial charge in [-0.1, -0.05) is 30.3 Å². The number of rotatable bonds is 6. The van der Waals surface area contributed by atoms with Crippen LogP contribution >= 0.6 is 0 Å². The predicted molar refractivity (Wildman–Crippen MR) is 72.3 cm³/mol. The molecule has 0 amide bonds. The molecule has 1 rings (SSSR count). The van der Waals surface area contributed by atoms with Crippen LogP contribution in [-0.2, 0) is 19.1 Å². The molecule has 4 nitrogen and oxygen atoms in total. The first-order valence-corrected chi connectivity index (χ1v) is 6.22. The highest BCUT2D eigenvalue weighted by molar-refractivity contribution is 6.21. The molecule has 0 unspecified atom stereocenters. The van der Waals surface area contributed by atoms with Crippen molar-refractivity contribution in [2.45, 2.75) is 20.8 Å². The minimum atomic E-state index is -0.651. The first kappa shape index (κ1) is 15.0. The summed E-state index contributed by atoms with van der Waals surface area (Å²) in [6.07, 6.45) is 0. The highest BCUT2D eigenvalue weighted by atomic mass is 16.5. The van der Waals surface area contributed by atoms with Gasteiger partial charge in [-0.2, -0.15) is 0 Å². The van der Waals surface area contributed by atoms with Crippen LogP contribution in [0, 0.1) is 0 Å². The summed E-state index contributed by atoms with van der Waals surface area (Å²) in [4.78, 5) is 23.6. The van der Waals surface area contributed by atoms with Crippen LogP contribution in [0.25, 0.3) is 5.76 Å². The summed E-state index contributed by atoms with van der Waals surface area (Å²) in [6.45, 7) is 5.39. The number of hydrogen-bond donors (Lipinski definition) is 0. The Balaban J connectivity index is 3.34. The molecule has 0 aliphatic carbocycles. The smallest absolute Gasteiger partial charge is 0.345 e. The van der Waals surface area contributed by atoms with Crippen molar-refractivity contribution in [1.29, 1.82) is 0 Å². The highest BCUT2D eigenvalue weighted by Gasteiger charge is 2.23. The van der Waals surface area contributed by atoms with E-state index in [0.29, 0.717) is 12.2 Å². The number of carbonyl (C=O) groups is 2. The van der Waals surface area contributed by atoms with Crippen molar-refractivity contribution < 1.29 is 19.1 Å². The van der Waals surface area contributed by atoms with E-state index < -0.39 is 5.97 Å². The third-order valence-corrected chi connectivity index (χ3v) is 2.38. The topological polar surface area (TPSA) is 52.6 Å². The maximum absolute atomic E-state index is 11.9. The van der Waals surface area contributed by atoms with Gasteiger partial charge in [-0.05, 0) is 20.8 Å². The Kier molecular flexibility index (Phi) is 5.79. The number of hydrogen-bond acceptors (Lipinski definition) is 4. The van der Waals surface area contributed by atoms with Gasteiger partial charge in [0.25, 0.3) is 0 Å². The molecule has 0 saturated carbocycles. The lowest BCUT2D eigenvalue weighted by atomic mass is 10.1. The molecule has 0 bridgehead atoms. The quantitative estimate of drug-likeness (QED) is 0.260. The Morgan fingerprint density at radius 1 is 1.00 bits per heavy atom. The molecule has 0 aliphatic heterocycles. The Bertz CT molecular complexity index is 474. The maximum Gasteiger partial charge on any atom is 0.345 e. The average Bonchev–Trinajstić information content (AvgIpc) is 2.39. The lowest BCUT2D eigenvalue weighted by Crippen LogP contribution is -2.17. The van der Waals surface area contributed by atoms with Gasteiger partial charge < -0.3 is 9.47 Å². The molecule has 4 heteroatoms.